The number of benzene rings is 1. The quantitative estimate of drug-likeness (QED) is 0.711. The molecule has 0 aromatic heterocycles. The zero-order chi connectivity index (χ0) is 12.0. The first-order valence-corrected chi connectivity index (χ1v) is 6.57. The number of nitrogen functional groups attached to an aromatic ring is 1. The molecule has 16 heavy (non-hydrogen) atoms. The fourth-order valence-electron chi connectivity index (χ4n) is 2.18. The van der Waals surface area contributed by atoms with Gasteiger partial charge in [-0.05, 0) is 55.4 Å². The van der Waals surface area contributed by atoms with Crippen LogP contribution < -0.4 is 5.73 Å². The second kappa shape index (κ2) is 6.57. The highest BCUT2D eigenvalue weighted by molar-refractivity contribution is 5.54. The molecule has 0 atom stereocenters. The van der Waals surface area contributed by atoms with E-state index in [9.17, 15) is 0 Å². The van der Waals surface area contributed by atoms with Gasteiger partial charge in [-0.2, -0.15) is 0 Å². The van der Waals surface area contributed by atoms with Crippen LogP contribution in [-0.2, 0) is 12.8 Å². The molecule has 0 spiro atoms. The average Bonchev–Trinajstić information content (AvgIpc) is 2.29. The summed E-state index contributed by atoms with van der Waals surface area (Å²) in [5, 5.41) is 0. The Morgan fingerprint density at radius 3 is 2.06 bits per heavy atom. The van der Waals surface area contributed by atoms with E-state index < -0.39 is 0 Å². The van der Waals surface area contributed by atoms with Crippen molar-refractivity contribution in [3.63, 3.8) is 0 Å². The van der Waals surface area contributed by atoms with E-state index in [1.54, 1.807) is 0 Å². The molecule has 1 aromatic rings. The number of hydrogen-bond donors (Lipinski definition) is 1. The molecule has 0 bridgehead atoms. The Balaban J connectivity index is 2.94. The highest BCUT2D eigenvalue weighted by atomic mass is 14.6. The number of nitrogens with two attached hydrogens (primary N) is 1. The van der Waals surface area contributed by atoms with Crippen molar-refractivity contribution in [1.82, 2.24) is 0 Å². The van der Waals surface area contributed by atoms with Crippen molar-refractivity contribution in [2.24, 2.45) is 0 Å². The largest absolute Gasteiger partial charge is 0.398 e. The first-order chi connectivity index (χ1) is 7.70. The lowest BCUT2D eigenvalue weighted by Gasteiger charge is -2.15. The summed E-state index contributed by atoms with van der Waals surface area (Å²) in [5.74, 6) is 0. The van der Waals surface area contributed by atoms with Gasteiger partial charge < -0.3 is 5.73 Å². The highest BCUT2D eigenvalue weighted by Crippen LogP contribution is 2.24. The summed E-state index contributed by atoms with van der Waals surface area (Å²) in [5.41, 5.74) is 11.4. The minimum absolute atomic E-state index is 0.991. The maximum atomic E-state index is 6.10. The van der Waals surface area contributed by atoms with Gasteiger partial charge in [-0.1, -0.05) is 32.8 Å². The fraction of sp³-hybridized carbons (Fsp3) is 0.600. The van der Waals surface area contributed by atoms with Crippen molar-refractivity contribution in [3.05, 3.63) is 28.8 Å². The standard InChI is InChI=1S/C15H25N/c1-4-6-8-13-12(3)10-11-15(16)14(13)9-7-5-2/h10-11H,4-9,16H2,1-3H3. The van der Waals surface area contributed by atoms with Crippen LogP contribution in [-0.4, -0.2) is 0 Å². The molecular formula is C15H25N. The van der Waals surface area contributed by atoms with E-state index in [0.717, 1.165) is 12.1 Å². The van der Waals surface area contributed by atoms with Crippen LogP contribution in [0.5, 0.6) is 0 Å². The summed E-state index contributed by atoms with van der Waals surface area (Å²) in [4.78, 5) is 0. The van der Waals surface area contributed by atoms with Crippen LogP contribution in [0, 0.1) is 6.92 Å². The Morgan fingerprint density at radius 2 is 1.50 bits per heavy atom. The minimum atomic E-state index is 0.991. The molecule has 0 saturated heterocycles. The molecule has 2 N–H and O–H groups in total. The third-order valence-electron chi connectivity index (χ3n) is 3.26. The zero-order valence-corrected chi connectivity index (χ0v) is 11.0. The highest BCUT2D eigenvalue weighted by Gasteiger charge is 2.08. The minimum Gasteiger partial charge on any atom is -0.398 e. The van der Waals surface area contributed by atoms with E-state index >= 15 is 0 Å². The lowest BCUT2D eigenvalue weighted by atomic mass is 9.92. The monoisotopic (exact) mass is 219 g/mol. The third kappa shape index (κ3) is 3.26. The Labute approximate surface area is 100 Å². The SMILES string of the molecule is CCCCc1c(C)ccc(N)c1CCCC. The molecule has 0 amide bonds. The second-order valence-electron chi connectivity index (χ2n) is 4.64. The van der Waals surface area contributed by atoms with Gasteiger partial charge in [0.15, 0.2) is 0 Å². The van der Waals surface area contributed by atoms with Gasteiger partial charge in [0, 0.05) is 5.69 Å². The molecule has 1 aromatic carbocycles. The maximum absolute atomic E-state index is 6.10. The average molecular weight is 219 g/mol. The predicted molar refractivity (Wildman–Crippen MR) is 72.8 cm³/mol. The summed E-state index contributed by atoms with van der Waals surface area (Å²) in [6, 6.07) is 4.23. The molecule has 90 valence electrons. The molecule has 0 heterocycles. The molecule has 0 aliphatic rings. The Bertz CT molecular complexity index is 295. The van der Waals surface area contributed by atoms with Crippen molar-refractivity contribution in [1.29, 1.82) is 0 Å². The van der Waals surface area contributed by atoms with Crippen LogP contribution in [0.15, 0.2) is 12.1 Å². The van der Waals surface area contributed by atoms with Crippen molar-refractivity contribution < 1.29 is 0 Å². The molecule has 1 nitrogen and oxygen atoms in total. The second-order valence-corrected chi connectivity index (χ2v) is 4.64. The zero-order valence-electron chi connectivity index (χ0n) is 11.0. The summed E-state index contributed by atoms with van der Waals surface area (Å²) in [7, 11) is 0. The van der Waals surface area contributed by atoms with Crippen LogP contribution in [0.25, 0.3) is 0 Å². The van der Waals surface area contributed by atoms with Crippen LogP contribution in [0.1, 0.15) is 56.2 Å². The van der Waals surface area contributed by atoms with Crippen LogP contribution in [0.3, 0.4) is 0 Å². The lowest BCUT2D eigenvalue weighted by Crippen LogP contribution is -2.03. The van der Waals surface area contributed by atoms with E-state index in [0.29, 0.717) is 0 Å². The van der Waals surface area contributed by atoms with Crippen molar-refractivity contribution in [2.45, 2.75) is 59.3 Å². The first kappa shape index (κ1) is 13.1. The van der Waals surface area contributed by atoms with Gasteiger partial charge in [-0.15, -0.1) is 0 Å². The summed E-state index contributed by atoms with van der Waals surface area (Å²) >= 11 is 0. The maximum Gasteiger partial charge on any atom is 0.0349 e. The number of anilines is 1. The molecule has 0 aliphatic carbocycles. The molecule has 0 fully saturated rings. The predicted octanol–water partition coefficient (Wildman–Crippen LogP) is 4.26. The number of hydrogen-bond acceptors (Lipinski definition) is 1. The Kier molecular flexibility index (Phi) is 5.37. The molecule has 1 rings (SSSR count). The van der Waals surface area contributed by atoms with Crippen LogP contribution in [0.4, 0.5) is 5.69 Å². The van der Waals surface area contributed by atoms with Gasteiger partial charge in [0.2, 0.25) is 0 Å². The van der Waals surface area contributed by atoms with E-state index in [1.165, 1.54) is 48.8 Å². The van der Waals surface area contributed by atoms with E-state index in [4.69, 9.17) is 5.73 Å². The number of unbranched alkanes of at least 4 members (excludes halogenated alkanes) is 2. The molecule has 1 heteroatoms. The topological polar surface area (TPSA) is 26.0 Å². The molecule has 0 radical (unpaired) electrons. The summed E-state index contributed by atoms with van der Waals surface area (Å²) in [6.07, 6.45) is 7.33. The third-order valence-corrected chi connectivity index (χ3v) is 3.26. The van der Waals surface area contributed by atoms with E-state index in [-0.39, 0.29) is 0 Å². The summed E-state index contributed by atoms with van der Waals surface area (Å²) < 4.78 is 0. The molecule has 0 saturated carbocycles. The van der Waals surface area contributed by atoms with Crippen LogP contribution >= 0.6 is 0 Å². The Hall–Kier alpha value is -0.980. The number of rotatable bonds is 6. The van der Waals surface area contributed by atoms with Gasteiger partial charge in [0.25, 0.3) is 0 Å². The first-order valence-electron chi connectivity index (χ1n) is 6.57. The van der Waals surface area contributed by atoms with Crippen molar-refractivity contribution in [3.8, 4) is 0 Å². The molecule has 0 unspecified atom stereocenters. The molecule has 0 aliphatic heterocycles. The molecular weight excluding hydrogens is 194 g/mol. The van der Waals surface area contributed by atoms with E-state index in [1.807, 2.05) is 0 Å². The van der Waals surface area contributed by atoms with Gasteiger partial charge in [-0.25, -0.2) is 0 Å². The van der Waals surface area contributed by atoms with E-state index in [2.05, 4.69) is 32.9 Å². The fourth-order valence-corrected chi connectivity index (χ4v) is 2.18. The summed E-state index contributed by atoms with van der Waals surface area (Å²) in [6.45, 7) is 6.69. The van der Waals surface area contributed by atoms with Gasteiger partial charge in [0.05, 0.1) is 0 Å². The lowest BCUT2D eigenvalue weighted by molar-refractivity contribution is 0.756. The van der Waals surface area contributed by atoms with Gasteiger partial charge in [-0.3, -0.25) is 0 Å². The van der Waals surface area contributed by atoms with Crippen molar-refractivity contribution in [2.75, 3.05) is 5.73 Å². The number of aryl methyl sites for hydroxylation is 1. The van der Waals surface area contributed by atoms with Gasteiger partial charge in [0.1, 0.15) is 0 Å². The van der Waals surface area contributed by atoms with Crippen LogP contribution in [0.2, 0.25) is 0 Å². The smallest absolute Gasteiger partial charge is 0.0349 e. The Morgan fingerprint density at radius 1 is 0.938 bits per heavy atom. The van der Waals surface area contributed by atoms with Gasteiger partial charge >= 0.3 is 0 Å². The normalized spacial score (nSPS) is 10.7. The van der Waals surface area contributed by atoms with Crippen molar-refractivity contribution >= 4 is 5.69 Å².